The molecule has 0 spiro atoms. The van der Waals surface area contributed by atoms with E-state index < -0.39 is 17.9 Å². The Bertz CT molecular complexity index is 972. The molecule has 1 unspecified atom stereocenters. The predicted molar refractivity (Wildman–Crippen MR) is 132 cm³/mol. The van der Waals surface area contributed by atoms with Gasteiger partial charge in [0.1, 0.15) is 18.1 Å². The first-order valence-electron chi connectivity index (χ1n) is 10.9. The molecule has 0 fully saturated rings. The van der Waals surface area contributed by atoms with Gasteiger partial charge in [0.2, 0.25) is 17.6 Å². The van der Waals surface area contributed by atoms with Crippen molar-refractivity contribution >= 4 is 47.6 Å². The number of anilines is 2. The van der Waals surface area contributed by atoms with E-state index >= 15 is 0 Å². The minimum absolute atomic E-state index is 0.0425. The van der Waals surface area contributed by atoms with E-state index in [1.165, 1.54) is 7.05 Å². The molecule has 0 aliphatic carbocycles. The molecule has 3 N–H and O–H groups in total. The molecule has 1 aromatic heterocycles. The topological polar surface area (TPSA) is 133 Å². The minimum Gasteiger partial charge on any atom is -0.383 e. The maximum Gasteiger partial charge on any atom is 0.261 e. The van der Waals surface area contributed by atoms with Gasteiger partial charge in [0.25, 0.3) is 5.91 Å². The average Bonchev–Trinajstić information content (AvgIpc) is 2.85. The zero-order chi connectivity index (χ0) is 25.5. The second-order valence-corrected chi connectivity index (χ2v) is 7.07. The molecule has 1 heterocycles. The first-order valence-corrected chi connectivity index (χ1v) is 11.3. The number of nitrogens with one attached hydrogen (secondary N) is 3. The minimum atomic E-state index is -1.07. The number of amides is 3. The van der Waals surface area contributed by atoms with Gasteiger partial charge in [0, 0.05) is 44.0 Å². The van der Waals surface area contributed by atoms with Gasteiger partial charge in [-0.1, -0.05) is 19.9 Å². The SMILES string of the molecule is CC.CNC(=O)C(CCC=O)N(C=O)C(=O)c1cccc(NCCNc2ccnc(Cl)n2)c1C. The van der Waals surface area contributed by atoms with Crippen LogP contribution >= 0.6 is 11.6 Å². The zero-order valence-corrected chi connectivity index (χ0v) is 20.6. The van der Waals surface area contributed by atoms with E-state index in [1.807, 2.05) is 19.9 Å². The van der Waals surface area contributed by atoms with Gasteiger partial charge in [-0.15, -0.1) is 0 Å². The maximum atomic E-state index is 13.1. The highest BCUT2D eigenvalue weighted by molar-refractivity contribution is 6.28. The average molecular weight is 491 g/mol. The Hall–Kier alpha value is -3.53. The smallest absolute Gasteiger partial charge is 0.261 e. The molecule has 1 aromatic carbocycles. The molecule has 3 amide bonds. The lowest BCUT2D eigenvalue weighted by Gasteiger charge is -2.26. The Labute approximate surface area is 204 Å². The summed E-state index contributed by atoms with van der Waals surface area (Å²) in [4.78, 5) is 56.4. The summed E-state index contributed by atoms with van der Waals surface area (Å²) in [6.45, 7) is 6.78. The number of aldehydes is 1. The Morgan fingerprint density at radius 2 is 1.85 bits per heavy atom. The molecule has 0 saturated carbocycles. The second kappa shape index (κ2) is 15.3. The van der Waals surface area contributed by atoms with Gasteiger partial charge >= 0.3 is 0 Å². The summed E-state index contributed by atoms with van der Waals surface area (Å²) in [6.07, 6.45) is 2.60. The van der Waals surface area contributed by atoms with Crippen LogP contribution in [0.4, 0.5) is 11.5 Å². The Morgan fingerprint density at radius 3 is 2.47 bits per heavy atom. The summed E-state index contributed by atoms with van der Waals surface area (Å²) < 4.78 is 0. The molecular weight excluding hydrogens is 460 g/mol. The molecule has 0 bridgehead atoms. The molecule has 1 atom stereocenters. The van der Waals surface area contributed by atoms with E-state index in [4.69, 9.17) is 11.6 Å². The highest BCUT2D eigenvalue weighted by atomic mass is 35.5. The van der Waals surface area contributed by atoms with Crippen LogP contribution in [0.25, 0.3) is 0 Å². The quantitative estimate of drug-likeness (QED) is 0.235. The van der Waals surface area contributed by atoms with Gasteiger partial charge < -0.3 is 20.7 Å². The number of aromatic nitrogens is 2. The van der Waals surface area contributed by atoms with Crippen molar-refractivity contribution in [2.24, 2.45) is 0 Å². The lowest BCUT2D eigenvalue weighted by Crippen LogP contribution is -2.48. The molecule has 0 aliphatic heterocycles. The van der Waals surface area contributed by atoms with Crippen LogP contribution in [0.1, 0.15) is 42.6 Å². The normalized spacial score (nSPS) is 10.7. The van der Waals surface area contributed by atoms with E-state index in [2.05, 4.69) is 25.9 Å². The van der Waals surface area contributed by atoms with Crippen molar-refractivity contribution in [2.45, 2.75) is 39.7 Å². The molecular formula is C23H31ClN6O4. The van der Waals surface area contributed by atoms with Gasteiger partial charge in [0.05, 0.1) is 0 Å². The Morgan fingerprint density at radius 1 is 1.15 bits per heavy atom. The van der Waals surface area contributed by atoms with Crippen LogP contribution < -0.4 is 16.0 Å². The fourth-order valence-corrected chi connectivity index (χ4v) is 3.22. The molecule has 2 rings (SSSR count). The fourth-order valence-electron chi connectivity index (χ4n) is 3.07. The summed E-state index contributed by atoms with van der Waals surface area (Å²) in [5, 5.41) is 8.90. The Balaban J connectivity index is 0.00000281. The van der Waals surface area contributed by atoms with Gasteiger partial charge in [-0.3, -0.25) is 19.3 Å². The predicted octanol–water partition coefficient (Wildman–Crippen LogP) is 2.68. The third kappa shape index (κ3) is 8.11. The van der Waals surface area contributed by atoms with E-state index in [1.54, 1.807) is 31.3 Å². The van der Waals surface area contributed by atoms with E-state index in [-0.39, 0.29) is 23.7 Å². The maximum absolute atomic E-state index is 13.1. The number of likely N-dealkylation sites (N-methyl/N-ethyl adjacent to an activating group) is 1. The lowest BCUT2D eigenvalue weighted by atomic mass is 10.0. The highest BCUT2D eigenvalue weighted by Gasteiger charge is 2.30. The second-order valence-electron chi connectivity index (χ2n) is 6.73. The summed E-state index contributed by atoms with van der Waals surface area (Å²) in [5.41, 5.74) is 1.60. The van der Waals surface area contributed by atoms with Crippen molar-refractivity contribution < 1.29 is 19.2 Å². The summed E-state index contributed by atoms with van der Waals surface area (Å²) in [7, 11) is 1.41. The summed E-state index contributed by atoms with van der Waals surface area (Å²) in [6, 6.07) is 5.69. The van der Waals surface area contributed by atoms with E-state index in [9.17, 15) is 19.2 Å². The fraction of sp³-hybridized carbons (Fsp3) is 0.391. The molecule has 0 aliphatic rings. The first-order chi connectivity index (χ1) is 16.4. The van der Waals surface area contributed by atoms with Crippen molar-refractivity contribution in [1.82, 2.24) is 20.2 Å². The number of hydrogen-bond acceptors (Lipinski definition) is 8. The van der Waals surface area contributed by atoms with Crippen molar-refractivity contribution in [3.05, 3.63) is 46.9 Å². The molecule has 10 nitrogen and oxygen atoms in total. The number of halogens is 1. The number of hydrogen-bond donors (Lipinski definition) is 3. The van der Waals surface area contributed by atoms with Crippen LogP contribution in [-0.4, -0.2) is 65.6 Å². The van der Waals surface area contributed by atoms with Crippen molar-refractivity contribution in [2.75, 3.05) is 30.8 Å². The number of imide groups is 1. The number of benzene rings is 1. The molecule has 11 heteroatoms. The summed E-state index contributed by atoms with van der Waals surface area (Å²) >= 11 is 5.76. The summed E-state index contributed by atoms with van der Waals surface area (Å²) in [5.74, 6) is -0.547. The van der Waals surface area contributed by atoms with Crippen LogP contribution in [0, 0.1) is 6.92 Å². The number of nitrogens with zero attached hydrogens (tertiary/aromatic N) is 3. The van der Waals surface area contributed by atoms with Crippen LogP contribution in [0.15, 0.2) is 30.5 Å². The first kappa shape index (κ1) is 28.5. The van der Waals surface area contributed by atoms with E-state index in [0.29, 0.717) is 42.9 Å². The van der Waals surface area contributed by atoms with Crippen LogP contribution in [0.5, 0.6) is 0 Å². The van der Waals surface area contributed by atoms with Crippen LogP contribution in [-0.2, 0) is 14.4 Å². The van der Waals surface area contributed by atoms with Gasteiger partial charge in [-0.05, 0) is 48.7 Å². The van der Waals surface area contributed by atoms with Gasteiger partial charge in [-0.2, -0.15) is 0 Å². The Kier molecular flexibility index (Phi) is 12.9. The van der Waals surface area contributed by atoms with Crippen LogP contribution in [0.2, 0.25) is 5.28 Å². The third-order valence-corrected chi connectivity index (χ3v) is 4.91. The van der Waals surface area contributed by atoms with Crippen molar-refractivity contribution in [3.8, 4) is 0 Å². The number of rotatable bonds is 12. The van der Waals surface area contributed by atoms with Gasteiger partial charge in [0.15, 0.2) is 0 Å². The zero-order valence-electron chi connectivity index (χ0n) is 19.8. The molecule has 0 radical (unpaired) electrons. The van der Waals surface area contributed by atoms with Crippen molar-refractivity contribution in [3.63, 3.8) is 0 Å². The molecule has 184 valence electrons. The molecule has 0 saturated heterocycles. The monoisotopic (exact) mass is 490 g/mol. The number of carbonyl (C=O) groups is 4. The lowest BCUT2D eigenvalue weighted by molar-refractivity contribution is -0.131. The number of carbonyl (C=O) groups excluding carboxylic acids is 4. The van der Waals surface area contributed by atoms with Crippen molar-refractivity contribution in [1.29, 1.82) is 0 Å². The van der Waals surface area contributed by atoms with E-state index in [0.717, 1.165) is 4.90 Å². The molecule has 2 aromatic rings. The standard InChI is InChI=1S/C21H25ClN6O4.C2H6/c1-14-15(20(32)28(13-30)17(7-4-12-29)19(31)23-2)5-3-6-16(14)24-10-11-25-18-8-9-26-21(22)27-18;1-2/h3,5-6,8-9,12-13,17,24H,4,7,10-11H2,1-2H3,(H,23,31)(H,25,26,27);1-2H3. The van der Waals surface area contributed by atoms with Crippen LogP contribution in [0.3, 0.4) is 0 Å². The largest absolute Gasteiger partial charge is 0.383 e. The highest BCUT2D eigenvalue weighted by Crippen LogP contribution is 2.21. The van der Waals surface area contributed by atoms with Gasteiger partial charge in [-0.25, -0.2) is 9.97 Å². The molecule has 34 heavy (non-hydrogen) atoms. The third-order valence-electron chi connectivity index (χ3n) is 4.73.